The molecular weight excluding hydrogens is 277 g/mol. The van der Waals surface area contributed by atoms with E-state index in [1.165, 1.54) is 36.1 Å². The van der Waals surface area contributed by atoms with Gasteiger partial charge in [0.15, 0.2) is 0 Å². The molecule has 0 aliphatic heterocycles. The fourth-order valence-corrected chi connectivity index (χ4v) is 1.94. The molecule has 0 amide bonds. The monoisotopic (exact) mass is 293 g/mol. The van der Waals surface area contributed by atoms with Crippen LogP contribution in [0.25, 0.3) is 10.9 Å². The summed E-state index contributed by atoms with van der Waals surface area (Å²) in [6, 6.07) is 3.81. The first kappa shape index (κ1) is 15.0. The number of rotatable bonds is 1. The summed E-state index contributed by atoms with van der Waals surface area (Å²) in [6.45, 7) is 5.20. The van der Waals surface area contributed by atoms with Crippen molar-refractivity contribution < 1.29 is 23.5 Å². The molecule has 1 heterocycles. The molecule has 0 aliphatic rings. The third-order valence-electron chi connectivity index (χ3n) is 2.76. The highest BCUT2D eigenvalue weighted by molar-refractivity contribution is 6.06. The van der Waals surface area contributed by atoms with Crippen LogP contribution in [0.3, 0.4) is 0 Å². The molecule has 2 aromatic rings. The Morgan fingerprint density at radius 1 is 1.24 bits per heavy atom. The Kier molecular flexibility index (Phi) is 3.72. The van der Waals surface area contributed by atoms with Crippen molar-refractivity contribution in [2.45, 2.75) is 26.4 Å². The summed E-state index contributed by atoms with van der Waals surface area (Å²) in [6.07, 6.45) is 0.651. The smallest absolute Gasteiger partial charge is 0.419 e. The summed E-state index contributed by atoms with van der Waals surface area (Å²) in [5.41, 5.74) is -0.192. The summed E-state index contributed by atoms with van der Waals surface area (Å²) in [5.74, 6) is -1.15. The lowest BCUT2D eigenvalue weighted by Gasteiger charge is -2.19. The number of benzene rings is 1. The van der Waals surface area contributed by atoms with Gasteiger partial charge in [-0.1, -0.05) is 0 Å². The Bertz CT molecular complexity index is 712. The molecule has 0 fully saturated rings. The van der Waals surface area contributed by atoms with Crippen molar-refractivity contribution in [1.29, 1.82) is 0 Å². The van der Waals surface area contributed by atoms with E-state index >= 15 is 0 Å². The Labute approximate surface area is 121 Å². The molecule has 0 atom stereocenters. The van der Waals surface area contributed by atoms with Crippen LogP contribution in [0.15, 0.2) is 24.4 Å². The lowest BCUT2D eigenvalue weighted by Crippen LogP contribution is -2.26. The van der Waals surface area contributed by atoms with Gasteiger partial charge in [0, 0.05) is 11.6 Å². The number of esters is 1. The van der Waals surface area contributed by atoms with Gasteiger partial charge >= 0.3 is 12.1 Å². The molecule has 0 saturated carbocycles. The zero-order valence-corrected chi connectivity index (χ0v) is 12.3. The van der Waals surface area contributed by atoms with Crippen molar-refractivity contribution in [3.05, 3.63) is 35.8 Å². The van der Waals surface area contributed by atoms with Crippen molar-refractivity contribution in [3.63, 3.8) is 0 Å². The van der Waals surface area contributed by atoms with Crippen molar-refractivity contribution in [3.8, 4) is 0 Å². The Hall–Kier alpha value is -2.37. The van der Waals surface area contributed by atoms with E-state index in [9.17, 15) is 14.0 Å². The average Bonchev–Trinajstić information content (AvgIpc) is 2.74. The van der Waals surface area contributed by atoms with Gasteiger partial charge in [0.05, 0.1) is 18.2 Å². The second-order valence-corrected chi connectivity index (χ2v) is 5.55. The maximum Gasteiger partial charge on any atom is 0.419 e. The van der Waals surface area contributed by atoms with Crippen LogP contribution in [0.5, 0.6) is 0 Å². The molecule has 1 aromatic carbocycles. The number of methoxy groups -OCH3 is 1. The van der Waals surface area contributed by atoms with E-state index < -0.39 is 23.5 Å². The highest BCUT2D eigenvalue weighted by atomic mass is 19.1. The topological polar surface area (TPSA) is 57.5 Å². The van der Waals surface area contributed by atoms with Gasteiger partial charge in [0.1, 0.15) is 11.4 Å². The molecule has 0 radical (unpaired) electrons. The normalized spacial score (nSPS) is 11.5. The summed E-state index contributed by atoms with van der Waals surface area (Å²) in [5, 5.41) is 0.299. The zero-order chi connectivity index (χ0) is 15.8. The largest absolute Gasteiger partial charge is 0.465 e. The van der Waals surface area contributed by atoms with Crippen LogP contribution in [0, 0.1) is 5.82 Å². The Morgan fingerprint density at radius 3 is 2.48 bits per heavy atom. The number of carbonyl (C=O) groups excluding carboxylic acids is 2. The molecule has 5 nitrogen and oxygen atoms in total. The van der Waals surface area contributed by atoms with Crippen LogP contribution < -0.4 is 0 Å². The molecule has 2 rings (SSSR count). The quantitative estimate of drug-likeness (QED) is 0.757. The van der Waals surface area contributed by atoms with Gasteiger partial charge in [-0.2, -0.15) is 0 Å². The van der Waals surface area contributed by atoms with Gasteiger partial charge in [0.2, 0.25) is 0 Å². The molecule has 0 unspecified atom stereocenters. The van der Waals surface area contributed by atoms with Crippen LogP contribution >= 0.6 is 0 Å². The number of hydrogen-bond acceptors (Lipinski definition) is 4. The van der Waals surface area contributed by atoms with Gasteiger partial charge in [0.25, 0.3) is 0 Å². The molecule has 0 bridgehead atoms. The van der Waals surface area contributed by atoms with Crippen molar-refractivity contribution in [1.82, 2.24) is 4.57 Å². The first-order chi connectivity index (χ1) is 9.73. The fourth-order valence-electron chi connectivity index (χ4n) is 1.94. The van der Waals surface area contributed by atoms with Crippen LogP contribution in [-0.4, -0.2) is 29.3 Å². The SMILES string of the molecule is COC(=O)c1cn(C(=O)OC(C)(C)C)c2ccc(F)cc12. The highest BCUT2D eigenvalue weighted by Gasteiger charge is 2.23. The van der Waals surface area contributed by atoms with Gasteiger partial charge in [-0.15, -0.1) is 0 Å². The molecule has 21 heavy (non-hydrogen) atoms. The van der Waals surface area contributed by atoms with Gasteiger partial charge < -0.3 is 9.47 Å². The van der Waals surface area contributed by atoms with Gasteiger partial charge in [-0.3, -0.25) is 4.57 Å². The number of nitrogens with zero attached hydrogens (tertiary/aromatic N) is 1. The van der Waals surface area contributed by atoms with E-state index in [0.29, 0.717) is 10.9 Å². The van der Waals surface area contributed by atoms with Crippen LogP contribution in [0.2, 0.25) is 0 Å². The molecule has 0 aliphatic carbocycles. The second kappa shape index (κ2) is 5.20. The van der Waals surface area contributed by atoms with E-state index in [1.54, 1.807) is 20.8 Å². The maximum absolute atomic E-state index is 13.4. The molecule has 6 heteroatoms. The average molecular weight is 293 g/mol. The summed E-state index contributed by atoms with van der Waals surface area (Å²) in [4.78, 5) is 23.9. The predicted molar refractivity (Wildman–Crippen MR) is 74.9 cm³/mol. The van der Waals surface area contributed by atoms with Crippen molar-refractivity contribution in [2.24, 2.45) is 0 Å². The molecule has 0 saturated heterocycles. The fraction of sp³-hybridized carbons (Fsp3) is 0.333. The molecule has 112 valence electrons. The standard InChI is InChI=1S/C15H16FNO4/c1-15(2,3)21-14(19)17-8-11(13(18)20-4)10-7-9(16)5-6-12(10)17/h5-8H,1-4H3. The van der Waals surface area contributed by atoms with Crippen molar-refractivity contribution in [2.75, 3.05) is 7.11 Å². The third kappa shape index (κ3) is 3.04. The predicted octanol–water partition coefficient (Wildman–Crippen LogP) is 3.35. The molecule has 0 N–H and O–H groups in total. The minimum atomic E-state index is -0.681. The van der Waals surface area contributed by atoms with E-state index in [0.717, 1.165) is 0 Å². The highest BCUT2D eigenvalue weighted by Crippen LogP contribution is 2.24. The van der Waals surface area contributed by atoms with E-state index in [4.69, 9.17) is 4.74 Å². The minimum absolute atomic E-state index is 0.109. The maximum atomic E-state index is 13.4. The zero-order valence-electron chi connectivity index (χ0n) is 12.3. The summed E-state index contributed by atoms with van der Waals surface area (Å²) >= 11 is 0. The van der Waals surface area contributed by atoms with Crippen molar-refractivity contribution >= 4 is 23.0 Å². The van der Waals surface area contributed by atoms with E-state index in [2.05, 4.69) is 4.74 Å². The molecular formula is C15H16FNO4. The number of fused-ring (bicyclic) bond motifs is 1. The first-order valence-electron chi connectivity index (χ1n) is 6.35. The van der Waals surface area contributed by atoms with Gasteiger partial charge in [-0.05, 0) is 39.0 Å². The van der Waals surface area contributed by atoms with E-state index in [-0.39, 0.29) is 5.56 Å². The van der Waals surface area contributed by atoms with E-state index in [1.807, 2.05) is 0 Å². The Morgan fingerprint density at radius 2 is 1.90 bits per heavy atom. The third-order valence-corrected chi connectivity index (χ3v) is 2.76. The minimum Gasteiger partial charge on any atom is -0.465 e. The summed E-state index contributed by atoms with van der Waals surface area (Å²) < 4.78 is 24.5. The van der Waals surface area contributed by atoms with Crippen LogP contribution in [0.4, 0.5) is 9.18 Å². The number of halogens is 1. The molecule has 0 spiro atoms. The number of aromatic nitrogens is 1. The summed E-state index contributed by atoms with van der Waals surface area (Å²) in [7, 11) is 1.22. The van der Waals surface area contributed by atoms with Crippen LogP contribution in [0.1, 0.15) is 31.1 Å². The lowest BCUT2D eigenvalue weighted by molar-refractivity contribution is 0.0544. The number of carbonyl (C=O) groups is 2. The lowest BCUT2D eigenvalue weighted by atomic mass is 10.2. The number of ether oxygens (including phenoxy) is 2. The second-order valence-electron chi connectivity index (χ2n) is 5.55. The van der Waals surface area contributed by atoms with Crippen LogP contribution in [-0.2, 0) is 9.47 Å². The Balaban J connectivity index is 2.60. The first-order valence-corrected chi connectivity index (χ1v) is 6.35. The number of hydrogen-bond donors (Lipinski definition) is 0. The molecule has 1 aromatic heterocycles. The van der Waals surface area contributed by atoms with Gasteiger partial charge in [-0.25, -0.2) is 14.0 Å².